The second kappa shape index (κ2) is 8.88. The number of aromatic nitrogens is 2. The molecule has 1 fully saturated rings. The van der Waals surface area contributed by atoms with E-state index in [9.17, 15) is 0 Å². The van der Waals surface area contributed by atoms with Gasteiger partial charge in [-0.05, 0) is 31.9 Å². The lowest BCUT2D eigenvalue weighted by atomic mass is 10.2. The largest absolute Gasteiger partial charge is 0.368 e. The fourth-order valence-electron chi connectivity index (χ4n) is 3.52. The summed E-state index contributed by atoms with van der Waals surface area (Å²) < 4.78 is 0. The average molecular weight is 354 g/mol. The second-order valence-electron chi connectivity index (χ2n) is 6.96. The predicted octanol–water partition coefficient (Wildman–Crippen LogP) is 3.74. The van der Waals surface area contributed by atoms with Crippen LogP contribution in [0.1, 0.15) is 32.4 Å². The molecule has 0 N–H and O–H groups in total. The Morgan fingerprint density at radius 1 is 0.885 bits per heavy atom. The molecule has 2 heterocycles. The van der Waals surface area contributed by atoms with Gasteiger partial charge in [-0.1, -0.05) is 32.0 Å². The summed E-state index contributed by atoms with van der Waals surface area (Å²) in [6.07, 6.45) is 2.27. The first-order valence-electron chi connectivity index (χ1n) is 9.86. The Labute approximate surface area is 157 Å². The molecule has 3 rings (SSSR count). The SMILES string of the molecule is CCCN(CCC)c1cc(C)nc(N2CCN(c3ccccc3)CC2)n1. The fraction of sp³-hybridized carbons (Fsp3) is 0.524. The van der Waals surface area contributed by atoms with Crippen molar-refractivity contribution in [3.63, 3.8) is 0 Å². The Balaban J connectivity index is 1.72. The van der Waals surface area contributed by atoms with Crippen molar-refractivity contribution in [1.29, 1.82) is 0 Å². The Kier molecular flexibility index (Phi) is 6.31. The number of aryl methyl sites for hydroxylation is 1. The summed E-state index contributed by atoms with van der Waals surface area (Å²) >= 11 is 0. The van der Waals surface area contributed by atoms with Crippen molar-refractivity contribution in [2.24, 2.45) is 0 Å². The van der Waals surface area contributed by atoms with E-state index in [4.69, 9.17) is 9.97 Å². The van der Waals surface area contributed by atoms with Crippen LogP contribution in [-0.2, 0) is 0 Å². The molecule has 0 saturated carbocycles. The zero-order valence-electron chi connectivity index (χ0n) is 16.4. The molecule has 0 spiro atoms. The minimum atomic E-state index is 0.880. The van der Waals surface area contributed by atoms with Gasteiger partial charge < -0.3 is 14.7 Å². The molecule has 0 bridgehead atoms. The number of para-hydroxylation sites is 1. The van der Waals surface area contributed by atoms with Gasteiger partial charge in [-0.25, -0.2) is 4.98 Å². The zero-order chi connectivity index (χ0) is 18.4. The van der Waals surface area contributed by atoms with E-state index in [1.807, 2.05) is 0 Å². The smallest absolute Gasteiger partial charge is 0.227 e. The van der Waals surface area contributed by atoms with Crippen LogP contribution in [0.5, 0.6) is 0 Å². The van der Waals surface area contributed by atoms with Crippen LogP contribution in [0.2, 0.25) is 0 Å². The van der Waals surface area contributed by atoms with Crippen molar-refractivity contribution >= 4 is 17.5 Å². The highest BCUT2D eigenvalue weighted by Crippen LogP contribution is 2.21. The van der Waals surface area contributed by atoms with Gasteiger partial charge in [0.15, 0.2) is 0 Å². The lowest BCUT2D eigenvalue weighted by molar-refractivity contribution is 0.637. The van der Waals surface area contributed by atoms with Crippen LogP contribution in [0, 0.1) is 6.92 Å². The summed E-state index contributed by atoms with van der Waals surface area (Å²) in [6, 6.07) is 12.8. The van der Waals surface area contributed by atoms with Gasteiger partial charge in [-0.3, -0.25) is 0 Å². The first-order chi connectivity index (χ1) is 12.7. The van der Waals surface area contributed by atoms with Gasteiger partial charge in [0.05, 0.1) is 0 Å². The average Bonchev–Trinajstić information content (AvgIpc) is 2.68. The summed E-state index contributed by atoms with van der Waals surface area (Å²) in [6.45, 7) is 12.5. The van der Waals surface area contributed by atoms with Crippen molar-refractivity contribution in [3.8, 4) is 0 Å². The molecule has 0 aliphatic carbocycles. The van der Waals surface area contributed by atoms with E-state index in [1.165, 1.54) is 5.69 Å². The van der Waals surface area contributed by atoms with E-state index in [2.05, 4.69) is 71.9 Å². The van der Waals surface area contributed by atoms with E-state index < -0.39 is 0 Å². The maximum Gasteiger partial charge on any atom is 0.227 e. The quantitative estimate of drug-likeness (QED) is 0.758. The molecule has 0 unspecified atom stereocenters. The van der Waals surface area contributed by atoms with E-state index in [1.54, 1.807) is 0 Å². The molecule has 26 heavy (non-hydrogen) atoms. The molecule has 5 nitrogen and oxygen atoms in total. The number of nitrogens with zero attached hydrogens (tertiary/aromatic N) is 5. The molecule has 1 aromatic carbocycles. The zero-order valence-corrected chi connectivity index (χ0v) is 16.4. The predicted molar refractivity (Wildman–Crippen MR) is 110 cm³/mol. The van der Waals surface area contributed by atoms with Crippen LogP contribution < -0.4 is 14.7 Å². The normalized spacial score (nSPS) is 14.6. The van der Waals surface area contributed by atoms with Crippen LogP contribution in [-0.4, -0.2) is 49.2 Å². The molecular weight excluding hydrogens is 322 g/mol. The molecule has 140 valence electrons. The number of piperazine rings is 1. The Hall–Kier alpha value is -2.30. The highest BCUT2D eigenvalue weighted by Gasteiger charge is 2.20. The number of anilines is 3. The van der Waals surface area contributed by atoms with E-state index in [0.29, 0.717) is 0 Å². The molecule has 0 atom stereocenters. The van der Waals surface area contributed by atoms with Crippen LogP contribution >= 0.6 is 0 Å². The van der Waals surface area contributed by atoms with Gasteiger partial charge >= 0.3 is 0 Å². The summed E-state index contributed by atoms with van der Waals surface area (Å²) in [5.41, 5.74) is 2.35. The Morgan fingerprint density at radius 3 is 2.12 bits per heavy atom. The molecule has 1 aliphatic rings. The minimum Gasteiger partial charge on any atom is -0.368 e. The maximum absolute atomic E-state index is 4.91. The summed E-state index contributed by atoms with van der Waals surface area (Å²) in [5, 5.41) is 0. The minimum absolute atomic E-state index is 0.880. The van der Waals surface area contributed by atoms with Crippen molar-refractivity contribution in [1.82, 2.24) is 9.97 Å². The fourth-order valence-corrected chi connectivity index (χ4v) is 3.52. The summed E-state index contributed by atoms with van der Waals surface area (Å²) in [5.74, 6) is 1.95. The van der Waals surface area contributed by atoms with Crippen molar-refractivity contribution in [3.05, 3.63) is 42.1 Å². The molecular formula is C21H31N5. The second-order valence-corrected chi connectivity index (χ2v) is 6.96. The standard InChI is InChI=1S/C21H31N5/c1-4-11-25(12-5-2)20-17-18(3)22-21(23-20)26-15-13-24(14-16-26)19-9-7-6-8-10-19/h6-10,17H,4-5,11-16H2,1-3H3. The van der Waals surface area contributed by atoms with Crippen LogP contribution in [0.25, 0.3) is 0 Å². The molecule has 1 aromatic heterocycles. The molecule has 0 amide bonds. The van der Waals surface area contributed by atoms with Gasteiger partial charge in [0.2, 0.25) is 5.95 Å². The topological polar surface area (TPSA) is 35.5 Å². The van der Waals surface area contributed by atoms with E-state index in [-0.39, 0.29) is 0 Å². The van der Waals surface area contributed by atoms with Crippen molar-refractivity contribution in [2.75, 3.05) is 54.0 Å². The monoisotopic (exact) mass is 353 g/mol. The number of benzene rings is 1. The third-order valence-electron chi connectivity index (χ3n) is 4.82. The molecule has 0 radical (unpaired) electrons. The molecule has 2 aromatic rings. The lowest BCUT2D eigenvalue weighted by Crippen LogP contribution is -2.47. The summed E-state index contributed by atoms with van der Waals surface area (Å²) in [4.78, 5) is 16.8. The van der Waals surface area contributed by atoms with Gasteiger partial charge in [0, 0.05) is 56.7 Å². The van der Waals surface area contributed by atoms with Gasteiger partial charge in [-0.15, -0.1) is 0 Å². The van der Waals surface area contributed by atoms with Crippen molar-refractivity contribution in [2.45, 2.75) is 33.6 Å². The van der Waals surface area contributed by atoms with E-state index >= 15 is 0 Å². The van der Waals surface area contributed by atoms with Gasteiger partial charge in [-0.2, -0.15) is 4.98 Å². The third kappa shape index (κ3) is 4.45. The first-order valence-corrected chi connectivity index (χ1v) is 9.86. The highest BCUT2D eigenvalue weighted by atomic mass is 15.3. The maximum atomic E-state index is 4.91. The Morgan fingerprint density at radius 2 is 1.50 bits per heavy atom. The number of hydrogen-bond donors (Lipinski definition) is 0. The van der Waals surface area contributed by atoms with Gasteiger partial charge in [0.25, 0.3) is 0 Å². The van der Waals surface area contributed by atoms with Crippen LogP contribution in [0.15, 0.2) is 36.4 Å². The van der Waals surface area contributed by atoms with Crippen molar-refractivity contribution < 1.29 is 0 Å². The summed E-state index contributed by atoms with van der Waals surface area (Å²) in [7, 11) is 0. The van der Waals surface area contributed by atoms with Crippen LogP contribution in [0.3, 0.4) is 0 Å². The number of rotatable bonds is 7. The van der Waals surface area contributed by atoms with E-state index in [0.717, 1.165) is 69.6 Å². The first kappa shape index (κ1) is 18.5. The van der Waals surface area contributed by atoms with Gasteiger partial charge in [0.1, 0.15) is 5.82 Å². The molecule has 5 heteroatoms. The molecule has 1 saturated heterocycles. The molecule has 1 aliphatic heterocycles. The number of hydrogen-bond acceptors (Lipinski definition) is 5. The lowest BCUT2D eigenvalue weighted by Gasteiger charge is -2.36. The third-order valence-corrected chi connectivity index (χ3v) is 4.82. The highest BCUT2D eigenvalue weighted by molar-refractivity contribution is 5.50. The Bertz CT molecular complexity index is 674. The van der Waals surface area contributed by atoms with Crippen LogP contribution in [0.4, 0.5) is 17.5 Å².